The Morgan fingerprint density at radius 1 is 1.21 bits per heavy atom. The van der Waals surface area contributed by atoms with Gasteiger partial charge in [-0.25, -0.2) is 0 Å². The number of unbranched alkanes of at least 4 members (excludes halogenated alkanes) is 1. The monoisotopic (exact) mass is 220 g/mol. The molecule has 3 nitrogen and oxygen atoms in total. The normalized spacial score (nSPS) is 10.1. The van der Waals surface area contributed by atoms with Gasteiger partial charge in [0.25, 0.3) is 0 Å². The van der Waals surface area contributed by atoms with Gasteiger partial charge in [-0.3, -0.25) is 4.79 Å². The Morgan fingerprint density at radius 3 is 2.57 bits per heavy atom. The van der Waals surface area contributed by atoms with Crippen LogP contribution in [0.3, 0.4) is 0 Å². The molecule has 0 amide bonds. The van der Waals surface area contributed by atoms with Gasteiger partial charge in [-0.2, -0.15) is 12.6 Å². The van der Waals surface area contributed by atoms with Crippen LogP contribution in [0, 0.1) is 0 Å². The van der Waals surface area contributed by atoms with Gasteiger partial charge >= 0.3 is 5.97 Å². The Kier molecular flexibility index (Phi) is 10.7. The predicted octanol–water partition coefficient (Wildman–Crippen LogP) is 2.06. The Morgan fingerprint density at radius 2 is 1.93 bits per heavy atom. The zero-order chi connectivity index (χ0) is 10.6. The quantitative estimate of drug-likeness (QED) is 0.367. The topological polar surface area (TPSA) is 35.5 Å². The van der Waals surface area contributed by atoms with E-state index in [0.717, 1.165) is 32.5 Å². The molecule has 0 aliphatic heterocycles. The van der Waals surface area contributed by atoms with E-state index in [2.05, 4.69) is 19.6 Å². The van der Waals surface area contributed by atoms with Crippen LogP contribution in [0.4, 0.5) is 0 Å². The molecule has 0 fully saturated rings. The molecule has 14 heavy (non-hydrogen) atoms. The number of carbonyl (C=O) groups is 1. The number of hydrogen-bond donors (Lipinski definition) is 1. The summed E-state index contributed by atoms with van der Waals surface area (Å²) < 4.78 is 10.2. The van der Waals surface area contributed by atoms with E-state index in [9.17, 15) is 4.79 Å². The summed E-state index contributed by atoms with van der Waals surface area (Å²) in [5.41, 5.74) is 0. The molecule has 0 aromatic carbocycles. The van der Waals surface area contributed by atoms with Gasteiger partial charge < -0.3 is 9.47 Å². The summed E-state index contributed by atoms with van der Waals surface area (Å²) in [5, 5.41) is 0. The molecule has 0 bridgehead atoms. The first kappa shape index (κ1) is 13.8. The van der Waals surface area contributed by atoms with Gasteiger partial charge in [0.1, 0.15) is 0 Å². The zero-order valence-electron chi connectivity index (χ0n) is 8.83. The summed E-state index contributed by atoms with van der Waals surface area (Å²) in [6.07, 6.45) is 3.28. The molecule has 0 atom stereocenters. The highest BCUT2D eigenvalue weighted by atomic mass is 32.1. The maximum atomic E-state index is 10.9. The van der Waals surface area contributed by atoms with E-state index >= 15 is 0 Å². The lowest BCUT2D eigenvalue weighted by molar-refractivity contribution is -0.143. The zero-order valence-corrected chi connectivity index (χ0v) is 9.72. The molecule has 0 radical (unpaired) electrons. The van der Waals surface area contributed by atoms with Crippen molar-refractivity contribution in [3.63, 3.8) is 0 Å². The third kappa shape index (κ3) is 9.86. The minimum Gasteiger partial charge on any atom is -0.466 e. The lowest BCUT2D eigenvalue weighted by Gasteiger charge is -2.04. The largest absolute Gasteiger partial charge is 0.466 e. The van der Waals surface area contributed by atoms with E-state index in [1.54, 1.807) is 0 Å². The van der Waals surface area contributed by atoms with Crippen LogP contribution >= 0.6 is 12.6 Å². The Bertz CT molecular complexity index is 139. The van der Waals surface area contributed by atoms with Crippen LogP contribution in [0.5, 0.6) is 0 Å². The number of ether oxygens (including phenoxy) is 2. The molecular weight excluding hydrogens is 200 g/mol. The second kappa shape index (κ2) is 10.9. The highest BCUT2D eigenvalue weighted by molar-refractivity contribution is 7.80. The van der Waals surface area contributed by atoms with Crippen LogP contribution in [0.2, 0.25) is 0 Å². The van der Waals surface area contributed by atoms with Gasteiger partial charge in [0.05, 0.1) is 13.0 Å². The van der Waals surface area contributed by atoms with Crippen molar-refractivity contribution in [1.82, 2.24) is 0 Å². The summed E-state index contributed by atoms with van der Waals surface area (Å²) in [6, 6.07) is 0. The van der Waals surface area contributed by atoms with Crippen LogP contribution in [0.1, 0.15) is 32.6 Å². The summed E-state index contributed by atoms with van der Waals surface area (Å²) in [7, 11) is 0. The van der Waals surface area contributed by atoms with Crippen LogP contribution in [0.15, 0.2) is 0 Å². The smallest absolute Gasteiger partial charge is 0.306 e. The number of esters is 1. The molecule has 0 aromatic rings. The first-order chi connectivity index (χ1) is 6.81. The molecule has 0 aromatic heterocycles. The van der Waals surface area contributed by atoms with Crippen molar-refractivity contribution in [2.75, 3.05) is 25.6 Å². The molecule has 4 heteroatoms. The molecule has 0 heterocycles. The summed E-state index contributed by atoms with van der Waals surface area (Å²) in [4.78, 5) is 10.9. The second-order valence-corrected chi connectivity index (χ2v) is 3.46. The van der Waals surface area contributed by atoms with Gasteiger partial charge in [0, 0.05) is 19.0 Å². The second-order valence-electron chi connectivity index (χ2n) is 3.01. The van der Waals surface area contributed by atoms with E-state index in [1.807, 2.05) is 0 Å². The maximum absolute atomic E-state index is 10.9. The van der Waals surface area contributed by atoms with Crippen molar-refractivity contribution in [1.29, 1.82) is 0 Å². The number of thiol groups is 1. The first-order valence-corrected chi connectivity index (χ1v) is 5.78. The average Bonchev–Trinajstić information content (AvgIpc) is 2.17. The molecule has 0 aliphatic rings. The lowest BCUT2D eigenvalue weighted by atomic mass is 10.3. The van der Waals surface area contributed by atoms with Gasteiger partial charge in [-0.05, 0) is 19.3 Å². The van der Waals surface area contributed by atoms with Gasteiger partial charge in [-0.15, -0.1) is 0 Å². The average molecular weight is 220 g/mol. The van der Waals surface area contributed by atoms with E-state index in [0.29, 0.717) is 18.8 Å². The Hall–Kier alpha value is -0.220. The predicted molar refractivity (Wildman–Crippen MR) is 59.8 cm³/mol. The van der Waals surface area contributed by atoms with Crippen molar-refractivity contribution in [3.05, 3.63) is 0 Å². The highest BCUT2D eigenvalue weighted by Crippen LogP contribution is 1.95. The fourth-order valence-electron chi connectivity index (χ4n) is 0.902. The molecular formula is C10H20O3S. The summed E-state index contributed by atoms with van der Waals surface area (Å²) >= 11 is 3.94. The van der Waals surface area contributed by atoms with Crippen molar-refractivity contribution in [2.45, 2.75) is 32.6 Å². The summed E-state index contributed by atoms with van der Waals surface area (Å²) in [6.45, 7) is 4.17. The van der Waals surface area contributed by atoms with Crippen molar-refractivity contribution < 1.29 is 14.3 Å². The number of carbonyl (C=O) groups excluding carboxylic acids is 1. The maximum Gasteiger partial charge on any atom is 0.306 e. The highest BCUT2D eigenvalue weighted by Gasteiger charge is 1.99. The fourth-order valence-corrected chi connectivity index (χ4v) is 1.08. The van der Waals surface area contributed by atoms with E-state index < -0.39 is 0 Å². The molecule has 0 saturated carbocycles. The molecule has 0 unspecified atom stereocenters. The van der Waals surface area contributed by atoms with Crippen molar-refractivity contribution in [3.8, 4) is 0 Å². The van der Waals surface area contributed by atoms with Crippen LogP contribution in [0.25, 0.3) is 0 Å². The molecule has 0 rings (SSSR count). The standard InChI is InChI=1S/C10H20O3S/c1-2-6-12-7-3-4-8-13-10(11)5-9-14/h14H,2-9H2,1H3. The van der Waals surface area contributed by atoms with Crippen molar-refractivity contribution >= 4 is 18.6 Å². The minimum absolute atomic E-state index is 0.158. The van der Waals surface area contributed by atoms with E-state index in [1.165, 1.54) is 0 Å². The van der Waals surface area contributed by atoms with E-state index in [-0.39, 0.29) is 5.97 Å². The first-order valence-electron chi connectivity index (χ1n) is 5.15. The molecule has 0 saturated heterocycles. The Balaban J connectivity index is 3.01. The molecule has 84 valence electrons. The van der Waals surface area contributed by atoms with Crippen LogP contribution in [-0.2, 0) is 14.3 Å². The number of rotatable bonds is 9. The van der Waals surface area contributed by atoms with Gasteiger partial charge in [0.2, 0.25) is 0 Å². The minimum atomic E-state index is -0.158. The van der Waals surface area contributed by atoms with Crippen molar-refractivity contribution in [2.24, 2.45) is 0 Å². The lowest BCUT2D eigenvalue weighted by Crippen LogP contribution is -2.07. The molecule has 0 N–H and O–H groups in total. The van der Waals surface area contributed by atoms with Gasteiger partial charge in [0.15, 0.2) is 0 Å². The van der Waals surface area contributed by atoms with Gasteiger partial charge in [-0.1, -0.05) is 6.92 Å². The third-order valence-electron chi connectivity index (χ3n) is 1.61. The number of hydrogen-bond acceptors (Lipinski definition) is 4. The fraction of sp³-hybridized carbons (Fsp3) is 0.900. The summed E-state index contributed by atoms with van der Waals surface area (Å²) in [5.74, 6) is 0.396. The molecule has 0 aliphatic carbocycles. The Labute approximate surface area is 91.6 Å². The third-order valence-corrected chi connectivity index (χ3v) is 1.83. The van der Waals surface area contributed by atoms with Crippen LogP contribution in [-0.4, -0.2) is 31.5 Å². The molecule has 0 spiro atoms. The van der Waals surface area contributed by atoms with Crippen LogP contribution < -0.4 is 0 Å². The SMILES string of the molecule is CCCOCCCCOC(=O)CCS. The van der Waals surface area contributed by atoms with E-state index in [4.69, 9.17) is 9.47 Å².